The number of rotatable bonds is 3. The molecule has 5 heteroatoms. The van der Waals surface area contributed by atoms with Crippen LogP contribution in [0.4, 0.5) is 0 Å². The van der Waals surface area contributed by atoms with Gasteiger partial charge in [-0.05, 0) is 19.4 Å². The number of aromatic nitrogens is 1. The highest BCUT2D eigenvalue weighted by Gasteiger charge is 2.26. The first kappa shape index (κ1) is 11.4. The Morgan fingerprint density at radius 3 is 3.12 bits per heavy atom. The van der Waals surface area contributed by atoms with Gasteiger partial charge in [-0.1, -0.05) is 0 Å². The molecule has 1 aliphatic rings. The fourth-order valence-corrected chi connectivity index (χ4v) is 2.96. The van der Waals surface area contributed by atoms with E-state index in [-0.39, 0.29) is 11.9 Å². The summed E-state index contributed by atoms with van der Waals surface area (Å²) in [5.74, 6) is 0.0940. The van der Waals surface area contributed by atoms with E-state index in [1.807, 2.05) is 0 Å². The van der Waals surface area contributed by atoms with E-state index in [2.05, 4.69) is 11.9 Å². The number of nitrogens with zero attached hydrogens (tertiary/aromatic N) is 1. The number of thioether (sulfide) groups is 1. The molecule has 1 aromatic heterocycles. The summed E-state index contributed by atoms with van der Waals surface area (Å²) < 4.78 is 5.51. The third kappa shape index (κ3) is 2.36. The third-order valence-corrected chi connectivity index (χ3v) is 4.16. The van der Waals surface area contributed by atoms with Gasteiger partial charge in [-0.2, -0.15) is 0 Å². The summed E-state index contributed by atoms with van der Waals surface area (Å²) in [4.78, 5) is 5.05. The number of hydrogen-bond acceptors (Lipinski definition) is 4. The third-order valence-electron chi connectivity index (χ3n) is 2.66. The molecule has 1 aliphatic heterocycles. The Hall–Kier alpha value is -1.07. The second-order valence-corrected chi connectivity index (χ2v) is 5.09. The minimum atomic E-state index is 0.0940. The molecule has 4 nitrogen and oxygen atoms in total. The number of nitrogens with one attached hydrogen (secondary N) is 1. The molecule has 0 radical (unpaired) electrons. The lowest BCUT2D eigenvalue weighted by molar-refractivity contribution is 0.127. The molecule has 2 atom stereocenters. The molecular weight excluding hydrogens is 222 g/mol. The van der Waals surface area contributed by atoms with Crippen molar-refractivity contribution < 1.29 is 4.74 Å². The Kier molecular flexibility index (Phi) is 3.46. The van der Waals surface area contributed by atoms with Gasteiger partial charge in [0.25, 0.3) is 0 Å². The molecule has 86 valence electrons. The maximum absolute atomic E-state index is 7.51. The molecule has 0 bridgehead atoms. The summed E-state index contributed by atoms with van der Waals surface area (Å²) >= 11 is 1.71. The Balaban J connectivity index is 2.17. The predicted molar refractivity (Wildman–Crippen MR) is 64.9 cm³/mol. The van der Waals surface area contributed by atoms with Gasteiger partial charge in [0, 0.05) is 34.7 Å². The largest absolute Gasteiger partial charge is 0.384 e. The molecule has 0 aromatic carbocycles. The molecule has 16 heavy (non-hydrogen) atoms. The van der Waals surface area contributed by atoms with E-state index in [1.165, 1.54) is 0 Å². The van der Waals surface area contributed by atoms with Gasteiger partial charge in [0.15, 0.2) is 0 Å². The zero-order valence-corrected chi connectivity index (χ0v) is 9.96. The van der Waals surface area contributed by atoms with Crippen LogP contribution in [0.5, 0.6) is 0 Å². The first-order chi connectivity index (χ1) is 7.68. The van der Waals surface area contributed by atoms with Gasteiger partial charge in [-0.3, -0.25) is 10.4 Å². The highest BCUT2D eigenvalue weighted by Crippen LogP contribution is 2.33. The van der Waals surface area contributed by atoms with Crippen LogP contribution in [0.25, 0.3) is 0 Å². The molecule has 2 unspecified atom stereocenters. The van der Waals surface area contributed by atoms with Crippen molar-refractivity contribution in [3.63, 3.8) is 0 Å². The number of nitrogens with two attached hydrogens (primary N) is 1. The summed E-state index contributed by atoms with van der Waals surface area (Å²) in [6, 6.07) is 1.78. The summed E-state index contributed by atoms with van der Waals surface area (Å²) in [5, 5.41) is 7.94. The van der Waals surface area contributed by atoms with Gasteiger partial charge in [0.1, 0.15) is 5.84 Å². The van der Waals surface area contributed by atoms with Crippen LogP contribution in [0, 0.1) is 5.41 Å². The molecule has 0 aliphatic carbocycles. The quantitative estimate of drug-likeness (QED) is 0.619. The average Bonchev–Trinajstić information content (AvgIpc) is 2.65. The van der Waals surface area contributed by atoms with Crippen molar-refractivity contribution in [3.8, 4) is 0 Å². The SMILES string of the molecule is CC1OCCC1Sc1cnccc1C(=N)N. The average molecular weight is 237 g/mol. The Morgan fingerprint density at radius 2 is 2.50 bits per heavy atom. The van der Waals surface area contributed by atoms with E-state index < -0.39 is 0 Å². The van der Waals surface area contributed by atoms with E-state index in [0.29, 0.717) is 5.25 Å². The highest BCUT2D eigenvalue weighted by molar-refractivity contribution is 8.00. The summed E-state index contributed by atoms with van der Waals surface area (Å²) in [6.45, 7) is 2.89. The molecular formula is C11H15N3OS. The molecule has 0 saturated carbocycles. The molecule has 0 spiro atoms. The van der Waals surface area contributed by atoms with Crippen LogP contribution in [0.1, 0.15) is 18.9 Å². The number of nitrogen functional groups attached to an aromatic ring is 1. The first-order valence-electron chi connectivity index (χ1n) is 5.25. The minimum absolute atomic E-state index is 0.0940. The van der Waals surface area contributed by atoms with Crippen molar-refractivity contribution >= 4 is 17.6 Å². The minimum Gasteiger partial charge on any atom is -0.384 e. The topological polar surface area (TPSA) is 72.0 Å². The number of ether oxygens (including phenoxy) is 1. The van der Waals surface area contributed by atoms with Crippen molar-refractivity contribution in [1.82, 2.24) is 4.98 Å². The van der Waals surface area contributed by atoms with E-state index in [9.17, 15) is 0 Å². The van der Waals surface area contributed by atoms with Gasteiger partial charge < -0.3 is 10.5 Å². The predicted octanol–water partition coefficient (Wildman–Crippen LogP) is 1.64. The van der Waals surface area contributed by atoms with Crippen LogP contribution in [0.15, 0.2) is 23.4 Å². The lowest BCUT2D eigenvalue weighted by Gasteiger charge is -2.15. The van der Waals surface area contributed by atoms with E-state index in [0.717, 1.165) is 23.5 Å². The summed E-state index contributed by atoms with van der Waals surface area (Å²) in [6.07, 6.45) is 4.73. The Bertz CT molecular complexity index is 397. The van der Waals surface area contributed by atoms with Crippen molar-refractivity contribution in [3.05, 3.63) is 24.0 Å². The summed E-state index contributed by atoms with van der Waals surface area (Å²) in [5.41, 5.74) is 6.30. The first-order valence-corrected chi connectivity index (χ1v) is 6.13. The monoisotopic (exact) mass is 237 g/mol. The number of pyridine rings is 1. The molecule has 1 fully saturated rings. The smallest absolute Gasteiger partial charge is 0.124 e. The van der Waals surface area contributed by atoms with Gasteiger partial charge in [-0.25, -0.2) is 0 Å². The fourth-order valence-electron chi connectivity index (χ4n) is 1.73. The van der Waals surface area contributed by atoms with Crippen LogP contribution in [0.2, 0.25) is 0 Å². The molecule has 1 aromatic rings. The standard InChI is InChI=1S/C11H15N3OS/c1-7-9(3-5-15-7)16-10-6-14-4-2-8(10)11(12)13/h2,4,6-7,9H,3,5H2,1H3,(H3,12,13). The van der Waals surface area contributed by atoms with Crippen molar-refractivity contribution in [2.24, 2.45) is 5.73 Å². The van der Waals surface area contributed by atoms with Gasteiger partial charge >= 0.3 is 0 Å². The maximum Gasteiger partial charge on any atom is 0.124 e. The molecule has 1 saturated heterocycles. The van der Waals surface area contributed by atoms with Crippen molar-refractivity contribution in [2.45, 2.75) is 29.6 Å². The zero-order valence-electron chi connectivity index (χ0n) is 9.14. The zero-order chi connectivity index (χ0) is 11.5. The van der Waals surface area contributed by atoms with Crippen LogP contribution >= 0.6 is 11.8 Å². The Labute approximate surface area is 99.1 Å². The lowest BCUT2D eigenvalue weighted by Crippen LogP contribution is -2.16. The lowest BCUT2D eigenvalue weighted by atomic mass is 10.2. The van der Waals surface area contributed by atoms with Crippen molar-refractivity contribution in [1.29, 1.82) is 5.41 Å². The molecule has 2 heterocycles. The van der Waals surface area contributed by atoms with E-state index in [4.69, 9.17) is 15.9 Å². The normalized spacial score (nSPS) is 24.6. The highest BCUT2D eigenvalue weighted by atomic mass is 32.2. The van der Waals surface area contributed by atoms with Crippen LogP contribution < -0.4 is 5.73 Å². The molecule has 2 rings (SSSR count). The van der Waals surface area contributed by atoms with Crippen LogP contribution in [0.3, 0.4) is 0 Å². The van der Waals surface area contributed by atoms with E-state index >= 15 is 0 Å². The van der Waals surface area contributed by atoms with Crippen LogP contribution in [-0.2, 0) is 4.74 Å². The van der Waals surface area contributed by atoms with Crippen molar-refractivity contribution in [2.75, 3.05) is 6.61 Å². The maximum atomic E-state index is 7.51. The van der Waals surface area contributed by atoms with Gasteiger partial charge in [0.05, 0.1) is 6.10 Å². The molecule has 0 amide bonds. The van der Waals surface area contributed by atoms with Gasteiger partial charge in [-0.15, -0.1) is 11.8 Å². The van der Waals surface area contributed by atoms with Crippen LogP contribution in [-0.4, -0.2) is 28.8 Å². The second-order valence-electron chi connectivity index (χ2n) is 3.81. The summed E-state index contributed by atoms with van der Waals surface area (Å²) in [7, 11) is 0. The number of amidine groups is 1. The number of hydrogen-bond donors (Lipinski definition) is 2. The second kappa shape index (κ2) is 4.84. The van der Waals surface area contributed by atoms with E-state index in [1.54, 1.807) is 30.2 Å². The molecule has 3 N–H and O–H groups in total. The fraction of sp³-hybridized carbons (Fsp3) is 0.455. The van der Waals surface area contributed by atoms with Gasteiger partial charge in [0.2, 0.25) is 0 Å². The Morgan fingerprint density at radius 1 is 1.69 bits per heavy atom.